The molecule has 1 aromatic rings. The summed E-state index contributed by atoms with van der Waals surface area (Å²) in [4.78, 5) is 24.5. The number of nitrogens with one attached hydrogen (secondary N) is 1. The zero-order chi connectivity index (χ0) is 13.0. The normalized spacial score (nSPS) is 11.9. The quantitative estimate of drug-likeness (QED) is 0.709. The second-order valence-electron chi connectivity index (χ2n) is 3.96. The van der Waals surface area contributed by atoms with Gasteiger partial charge in [0, 0.05) is 20.3 Å². The second-order valence-corrected chi connectivity index (χ2v) is 3.96. The van der Waals surface area contributed by atoms with Gasteiger partial charge >= 0.3 is 0 Å². The molecule has 0 fully saturated rings. The fourth-order valence-corrected chi connectivity index (χ4v) is 1.35. The summed E-state index contributed by atoms with van der Waals surface area (Å²) in [6.07, 6.45) is 1.60. The molecule has 1 aromatic heterocycles. The van der Waals surface area contributed by atoms with Crippen LogP contribution in [0, 0.1) is 0 Å². The van der Waals surface area contributed by atoms with E-state index in [2.05, 4.69) is 10.4 Å². The van der Waals surface area contributed by atoms with Crippen LogP contribution >= 0.6 is 0 Å². The van der Waals surface area contributed by atoms with Crippen LogP contribution in [-0.4, -0.2) is 46.6 Å². The molecule has 1 atom stereocenters. The van der Waals surface area contributed by atoms with Gasteiger partial charge in [0.2, 0.25) is 11.8 Å². The number of aromatic nitrogens is 2. The van der Waals surface area contributed by atoms with E-state index in [1.54, 1.807) is 33.3 Å². The van der Waals surface area contributed by atoms with Crippen molar-refractivity contribution in [2.24, 2.45) is 0 Å². The van der Waals surface area contributed by atoms with Gasteiger partial charge in [0.25, 0.3) is 0 Å². The SMILES string of the molecule is CC(NC(=O)Cn1ccc(N)n1)C(=O)N(C)C. The summed E-state index contributed by atoms with van der Waals surface area (Å²) in [5.41, 5.74) is 5.42. The highest BCUT2D eigenvalue weighted by Crippen LogP contribution is 1.96. The number of anilines is 1. The van der Waals surface area contributed by atoms with Gasteiger partial charge in [-0.05, 0) is 13.0 Å². The molecule has 94 valence electrons. The molecule has 1 heterocycles. The Kier molecular flexibility index (Phi) is 4.08. The summed E-state index contributed by atoms with van der Waals surface area (Å²) in [5, 5.41) is 6.46. The Morgan fingerprint density at radius 1 is 1.59 bits per heavy atom. The van der Waals surface area contributed by atoms with Crippen LogP contribution in [0.4, 0.5) is 5.82 Å². The van der Waals surface area contributed by atoms with E-state index in [0.717, 1.165) is 0 Å². The summed E-state index contributed by atoms with van der Waals surface area (Å²) in [6.45, 7) is 1.68. The van der Waals surface area contributed by atoms with Gasteiger partial charge in [-0.2, -0.15) is 5.10 Å². The largest absolute Gasteiger partial charge is 0.382 e. The summed E-state index contributed by atoms with van der Waals surface area (Å²) in [5.74, 6) is -0.0793. The van der Waals surface area contributed by atoms with Crippen LogP contribution in [0.1, 0.15) is 6.92 Å². The molecule has 0 saturated heterocycles. The van der Waals surface area contributed by atoms with Gasteiger partial charge in [-0.1, -0.05) is 0 Å². The van der Waals surface area contributed by atoms with Gasteiger partial charge in [0.15, 0.2) is 0 Å². The molecule has 0 aliphatic rings. The van der Waals surface area contributed by atoms with Crippen molar-refractivity contribution in [3.8, 4) is 0 Å². The Labute approximate surface area is 99.6 Å². The van der Waals surface area contributed by atoms with Crippen molar-refractivity contribution in [1.29, 1.82) is 0 Å². The highest BCUT2D eigenvalue weighted by atomic mass is 16.2. The molecule has 0 aromatic carbocycles. The molecule has 0 aliphatic heterocycles. The topological polar surface area (TPSA) is 93.2 Å². The number of nitrogen functional groups attached to an aromatic ring is 1. The maximum absolute atomic E-state index is 11.6. The number of hydrogen-bond acceptors (Lipinski definition) is 4. The Morgan fingerprint density at radius 2 is 2.24 bits per heavy atom. The minimum Gasteiger partial charge on any atom is -0.382 e. The zero-order valence-electron chi connectivity index (χ0n) is 10.2. The van der Waals surface area contributed by atoms with Crippen LogP contribution < -0.4 is 11.1 Å². The molecule has 0 radical (unpaired) electrons. The number of amides is 2. The molecular formula is C10H17N5O2. The molecule has 0 bridgehead atoms. The number of carbonyl (C=O) groups is 2. The lowest BCUT2D eigenvalue weighted by Crippen LogP contribution is -2.45. The van der Waals surface area contributed by atoms with Crippen LogP contribution in [0.15, 0.2) is 12.3 Å². The lowest BCUT2D eigenvalue weighted by atomic mass is 10.3. The second kappa shape index (κ2) is 5.33. The highest BCUT2D eigenvalue weighted by Gasteiger charge is 2.17. The molecule has 1 rings (SSSR count). The molecule has 0 aliphatic carbocycles. The Hall–Kier alpha value is -2.05. The molecule has 0 spiro atoms. The predicted molar refractivity (Wildman–Crippen MR) is 62.9 cm³/mol. The first-order chi connectivity index (χ1) is 7.90. The molecule has 7 nitrogen and oxygen atoms in total. The van der Waals surface area contributed by atoms with E-state index in [9.17, 15) is 9.59 Å². The number of hydrogen-bond donors (Lipinski definition) is 2. The number of rotatable bonds is 4. The van der Waals surface area contributed by atoms with Crippen LogP contribution in [0.25, 0.3) is 0 Å². The van der Waals surface area contributed by atoms with E-state index >= 15 is 0 Å². The van der Waals surface area contributed by atoms with E-state index in [-0.39, 0.29) is 18.4 Å². The smallest absolute Gasteiger partial charge is 0.244 e. The summed E-state index contributed by atoms with van der Waals surface area (Å²) >= 11 is 0. The Balaban J connectivity index is 2.47. The van der Waals surface area contributed by atoms with Crippen molar-refractivity contribution in [1.82, 2.24) is 20.0 Å². The standard InChI is InChI=1S/C10H17N5O2/c1-7(10(17)14(2)3)12-9(16)6-15-5-4-8(11)13-15/h4-5,7H,6H2,1-3H3,(H2,11,13)(H,12,16). The van der Waals surface area contributed by atoms with Gasteiger partial charge < -0.3 is 16.0 Å². The third kappa shape index (κ3) is 3.78. The van der Waals surface area contributed by atoms with Gasteiger partial charge in [0.1, 0.15) is 18.4 Å². The average Bonchev–Trinajstić information content (AvgIpc) is 2.62. The van der Waals surface area contributed by atoms with Crippen molar-refractivity contribution in [2.75, 3.05) is 19.8 Å². The fraction of sp³-hybridized carbons (Fsp3) is 0.500. The third-order valence-corrected chi connectivity index (χ3v) is 2.16. The minimum absolute atomic E-state index is 0.0439. The molecule has 3 N–H and O–H groups in total. The van der Waals surface area contributed by atoms with Crippen LogP contribution in [0.5, 0.6) is 0 Å². The maximum Gasteiger partial charge on any atom is 0.244 e. The number of nitrogens with two attached hydrogens (primary N) is 1. The zero-order valence-corrected chi connectivity index (χ0v) is 10.2. The molecular weight excluding hydrogens is 222 g/mol. The lowest BCUT2D eigenvalue weighted by Gasteiger charge is -2.17. The van der Waals surface area contributed by atoms with Gasteiger partial charge in [0.05, 0.1) is 0 Å². The third-order valence-electron chi connectivity index (χ3n) is 2.16. The van der Waals surface area contributed by atoms with E-state index in [1.807, 2.05) is 0 Å². The molecule has 1 unspecified atom stereocenters. The van der Waals surface area contributed by atoms with Crippen molar-refractivity contribution in [3.63, 3.8) is 0 Å². The first-order valence-corrected chi connectivity index (χ1v) is 5.19. The number of likely N-dealkylation sites (N-methyl/N-ethyl adjacent to an activating group) is 1. The van der Waals surface area contributed by atoms with Crippen molar-refractivity contribution < 1.29 is 9.59 Å². The van der Waals surface area contributed by atoms with E-state index in [1.165, 1.54) is 9.58 Å². The van der Waals surface area contributed by atoms with Crippen molar-refractivity contribution in [2.45, 2.75) is 19.5 Å². The van der Waals surface area contributed by atoms with E-state index in [0.29, 0.717) is 5.82 Å². The van der Waals surface area contributed by atoms with E-state index < -0.39 is 6.04 Å². The van der Waals surface area contributed by atoms with Crippen LogP contribution in [0.3, 0.4) is 0 Å². The molecule has 17 heavy (non-hydrogen) atoms. The molecule has 0 saturated carbocycles. The van der Waals surface area contributed by atoms with Crippen molar-refractivity contribution in [3.05, 3.63) is 12.3 Å². The number of nitrogens with zero attached hydrogens (tertiary/aromatic N) is 3. The summed E-state index contributed by atoms with van der Waals surface area (Å²) in [7, 11) is 3.28. The first-order valence-electron chi connectivity index (χ1n) is 5.19. The monoisotopic (exact) mass is 239 g/mol. The van der Waals surface area contributed by atoms with Crippen LogP contribution in [-0.2, 0) is 16.1 Å². The maximum atomic E-state index is 11.6. The highest BCUT2D eigenvalue weighted by molar-refractivity contribution is 5.86. The van der Waals surface area contributed by atoms with Crippen LogP contribution in [0.2, 0.25) is 0 Å². The summed E-state index contributed by atoms with van der Waals surface area (Å²) in [6, 6.07) is 1.05. The fourth-order valence-electron chi connectivity index (χ4n) is 1.35. The van der Waals surface area contributed by atoms with E-state index in [4.69, 9.17) is 5.73 Å². The Morgan fingerprint density at radius 3 is 2.71 bits per heavy atom. The summed E-state index contributed by atoms with van der Waals surface area (Å²) < 4.78 is 1.41. The van der Waals surface area contributed by atoms with Crippen molar-refractivity contribution >= 4 is 17.6 Å². The van der Waals surface area contributed by atoms with Gasteiger partial charge in [-0.15, -0.1) is 0 Å². The van der Waals surface area contributed by atoms with Gasteiger partial charge in [-0.25, -0.2) is 0 Å². The van der Waals surface area contributed by atoms with Gasteiger partial charge in [-0.3, -0.25) is 14.3 Å². The first kappa shape index (κ1) is 13.0. The molecule has 2 amide bonds. The molecule has 7 heteroatoms. The Bertz CT molecular complexity index is 413. The predicted octanol–water partition coefficient (Wildman–Crippen LogP) is -0.942. The lowest BCUT2D eigenvalue weighted by molar-refractivity contribution is -0.134. The number of carbonyl (C=O) groups excluding carboxylic acids is 2. The minimum atomic E-state index is -0.551. The average molecular weight is 239 g/mol.